The average molecular weight is 447 g/mol. The third-order valence-electron chi connectivity index (χ3n) is 6.80. The maximum atomic E-state index is 12.1. The molecule has 0 radical (unpaired) electrons. The predicted molar refractivity (Wildman–Crippen MR) is 136 cm³/mol. The second-order valence-electron chi connectivity index (χ2n) is 10.1. The molecule has 0 atom stereocenters. The molecule has 0 aliphatic carbocycles. The molecule has 0 bridgehead atoms. The number of hydrogen-bond acceptors (Lipinski definition) is 3. The molecule has 32 heavy (non-hydrogen) atoms. The van der Waals surface area contributed by atoms with Gasteiger partial charge in [-0.25, -0.2) is 0 Å². The van der Waals surface area contributed by atoms with E-state index in [0.29, 0.717) is 25.2 Å². The van der Waals surface area contributed by atoms with Crippen molar-refractivity contribution in [2.45, 2.75) is 136 Å². The topological polar surface area (TPSA) is 46.5 Å². The van der Waals surface area contributed by atoms with Crippen LogP contribution in [0.2, 0.25) is 0 Å². The molecule has 0 fully saturated rings. The van der Waals surface area contributed by atoms with Crippen LogP contribution in [0.15, 0.2) is 18.2 Å². The minimum atomic E-state index is -0.117. The van der Waals surface area contributed by atoms with Crippen molar-refractivity contribution in [2.24, 2.45) is 0 Å². The van der Waals surface area contributed by atoms with Crippen LogP contribution < -0.4 is 0 Å². The lowest BCUT2D eigenvalue weighted by atomic mass is 9.81. The summed E-state index contributed by atoms with van der Waals surface area (Å²) in [6.45, 7) is 9.21. The number of ether oxygens (including phenoxy) is 1. The SMILES string of the molecule is CCCCCCCCCCCCCCCOC(=O)CCc1ccc(O)c(C(C)(C)CC)c1. The smallest absolute Gasteiger partial charge is 0.306 e. The fraction of sp³-hybridized carbons (Fsp3) is 0.759. The van der Waals surface area contributed by atoms with Gasteiger partial charge in [-0.3, -0.25) is 4.79 Å². The van der Waals surface area contributed by atoms with Crippen LogP contribution in [0, 0.1) is 0 Å². The lowest BCUT2D eigenvalue weighted by Crippen LogP contribution is -2.16. The van der Waals surface area contributed by atoms with Gasteiger partial charge in [0.15, 0.2) is 0 Å². The number of rotatable bonds is 19. The number of carbonyl (C=O) groups excluding carboxylic acids is 1. The quantitative estimate of drug-likeness (QED) is 0.171. The van der Waals surface area contributed by atoms with Gasteiger partial charge in [-0.15, -0.1) is 0 Å². The number of carbonyl (C=O) groups is 1. The number of phenolic OH excluding ortho intramolecular Hbond substituents is 1. The number of hydrogen-bond donors (Lipinski definition) is 1. The van der Waals surface area contributed by atoms with Gasteiger partial charge in [0, 0.05) is 6.42 Å². The normalized spacial score (nSPS) is 11.6. The molecule has 3 heteroatoms. The van der Waals surface area contributed by atoms with E-state index in [0.717, 1.165) is 30.4 Å². The molecule has 1 rings (SSSR count). The average Bonchev–Trinajstić information content (AvgIpc) is 2.78. The number of aryl methyl sites for hydroxylation is 1. The molecule has 0 spiro atoms. The number of esters is 1. The molecule has 0 saturated carbocycles. The Bertz CT molecular complexity index is 621. The van der Waals surface area contributed by atoms with Crippen molar-refractivity contribution in [3.8, 4) is 5.75 Å². The Labute approximate surface area is 198 Å². The molecular weight excluding hydrogens is 396 g/mol. The van der Waals surface area contributed by atoms with E-state index >= 15 is 0 Å². The van der Waals surface area contributed by atoms with Gasteiger partial charge >= 0.3 is 5.97 Å². The first-order valence-electron chi connectivity index (χ1n) is 13.4. The maximum Gasteiger partial charge on any atom is 0.306 e. The Morgan fingerprint density at radius 3 is 1.91 bits per heavy atom. The molecule has 184 valence electrons. The monoisotopic (exact) mass is 446 g/mol. The zero-order valence-electron chi connectivity index (χ0n) is 21.5. The van der Waals surface area contributed by atoms with Crippen molar-refractivity contribution in [3.05, 3.63) is 29.3 Å². The van der Waals surface area contributed by atoms with E-state index in [4.69, 9.17) is 4.74 Å². The van der Waals surface area contributed by atoms with Crippen molar-refractivity contribution >= 4 is 5.97 Å². The van der Waals surface area contributed by atoms with E-state index < -0.39 is 0 Å². The predicted octanol–water partition coefficient (Wildman–Crippen LogP) is 8.65. The standard InChI is InChI=1S/C29H50O3/c1-5-7-8-9-10-11-12-13-14-15-16-17-18-23-32-28(31)22-20-25-19-21-27(30)26(24-25)29(3,4)6-2/h19,21,24,30H,5-18,20,22-23H2,1-4H3. The van der Waals surface area contributed by atoms with Crippen LogP contribution in [0.5, 0.6) is 5.75 Å². The first kappa shape index (κ1) is 28.5. The Morgan fingerprint density at radius 2 is 1.38 bits per heavy atom. The van der Waals surface area contributed by atoms with Crippen molar-refractivity contribution in [1.29, 1.82) is 0 Å². The second kappa shape index (κ2) is 17.0. The summed E-state index contributed by atoms with van der Waals surface area (Å²) in [6.07, 6.45) is 19.2. The van der Waals surface area contributed by atoms with E-state index in [1.807, 2.05) is 12.1 Å². The molecule has 0 unspecified atom stereocenters. The van der Waals surface area contributed by atoms with Gasteiger partial charge in [0.05, 0.1) is 6.61 Å². The molecule has 1 aromatic carbocycles. The molecule has 0 aromatic heterocycles. The number of benzene rings is 1. The zero-order chi connectivity index (χ0) is 23.7. The summed E-state index contributed by atoms with van der Waals surface area (Å²) in [7, 11) is 0. The van der Waals surface area contributed by atoms with Crippen LogP contribution in [0.1, 0.15) is 135 Å². The minimum absolute atomic E-state index is 0.0746. The molecule has 0 aliphatic rings. The summed E-state index contributed by atoms with van der Waals surface area (Å²) in [5, 5.41) is 10.2. The van der Waals surface area contributed by atoms with Crippen LogP contribution in [0.4, 0.5) is 0 Å². The van der Waals surface area contributed by atoms with Crippen molar-refractivity contribution < 1.29 is 14.6 Å². The minimum Gasteiger partial charge on any atom is -0.508 e. The molecule has 3 nitrogen and oxygen atoms in total. The van der Waals surface area contributed by atoms with Gasteiger partial charge in [0.25, 0.3) is 0 Å². The summed E-state index contributed by atoms with van der Waals surface area (Å²) in [4.78, 5) is 12.1. The van der Waals surface area contributed by atoms with Gasteiger partial charge in [-0.1, -0.05) is 117 Å². The van der Waals surface area contributed by atoms with E-state index in [1.165, 1.54) is 70.6 Å². The van der Waals surface area contributed by atoms with Crippen LogP contribution in [-0.2, 0) is 21.4 Å². The van der Waals surface area contributed by atoms with Gasteiger partial charge < -0.3 is 9.84 Å². The highest BCUT2D eigenvalue weighted by molar-refractivity contribution is 5.69. The lowest BCUT2D eigenvalue weighted by Gasteiger charge is -2.25. The molecule has 0 aliphatic heterocycles. The molecule has 1 aromatic rings. The zero-order valence-corrected chi connectivity index (χ0v) is 21.5. The number of unbranched alkanes of at least 4 members (excludes halogenated alkanes) is 12. The highest BCUT2D eigenvalue weighted by atomic mass is 16.5. The third kappa shape index (κ3) is 12.5. The fourth-order valence-electron chi connectivity index (χ4n) is 4.10. The number of phenols is 1. The van der Waals surface area contributed by atoms with E-state index in [1.54, 1.807) is 6.07 Å². The van der Waals surface area contributed by atoms with Crippen molar-refractivity contribution in [2.75, 3.05) is 6.61 Å². The summed E-state index contributed by atoms with van der Waals surface area (Å²) >= 11 is 0. The Kier molecular flexibility index (Phi) is 15.2. The lowest BCUT2D eigenvalue weighted by molar-refractivity contribution is -0.143. The van der Waals surface area contributed by atoms with Gasteiger partial charge in [0.2, 0.25) is 0 Å². The highest BCUT2D eigenvalue weighted by Gasteiger charge is 2.22. The largest absolute Gasteiger partial charge is 0.508 e. The van der Waals surface area contributed by atoms with E-state index in [-0.39, 0.29) is 11.4 Å². The van der Waals surface area contributed by atoms with Crippen LogP contribution >= 0.6 is 0 Å². The van der Waals surface area contributed by atoms with Crippen molar-refractivity contribution in [3.63, 3.8) is 0 Å². The molecule has 0 heterocycles. The second-order valence-corrected chi connectivity index (χ2v) is 10.1. The highest BCUT2D eigenvalue weighted by Crippen LogP contribution is 2.34. The fourth-order valence-corrected chi connectivity index (χ4v) is 4.10. The summed E-state index contributed by atoms with van der Waals surface area (Å²) in [5.41, 5.74) is 1.96. The van der Waals surface area contributed by atoms with Crippen LogP contribution in [-0.4, -0.2) is 17.7 Å². The molecule has 0 amide bonds. The molecule has 0 saturated heterocycles. The van der Waals surface area contributed by atoms with Gasteiger partial charge in [-0.2, -0.15) is 0 Å². The third-order valence-corrected chi connectivity index (χ3v) is 6.80. The first-order chi connectivity index (χ1) is 15.4. The van der Waals surface area contributed by atoms with Gasteiger partial charge in [-0.05, 0) is 41.9 Å². The Balaban J connectivity index is 2.04. The van der Waals surface area contributed by atoms with Crippen LogP contribution in [0.25, 0.3) is 0 Å². The maximum absolute atomic E-state index is 12.1. The summed E-state index contributed by atoms with van der Waals surface area (Å²) in [6, 6.07) is 5.70. The first-order valence-corrected chi connectivity index (χ1v) is 13.4. The summed E-state index contributed by atoms with van der Waals surface area (Å²) in [5.74, 6) is 0.221. The van der Waals surface area contributed by atoms with E-state index in [9.17, 15) is 9.90 Å². The summed E-state index contributed by atoms with van der Waals surface area (Å²) < 4.78 is 5.42. The van der Waals surface area contributed by atoms with E-state index in [2.05, 4.69) is 27.7 Å². The molecular formula is C29H50O3. The van der Waals surface area contributed by atoms with Crippen molar-refractivity contribution in [1.82, 2.24) is 0 Å². The Morgan fingerprint density at radius 1 is 0.844 bits per heavy atom. The van der Waals surface area contributed by atoms with Gasteiger partial charge in [0.1, 0.15) is 5.75 Å². The Hall–Kier alpha value is -1.51. The van der Waals surface area contributed by atoms with Crippen LogP contribution in [0.3, 0.4) is 0 Å². The molecule has 1 N–H and O–H groups in total. The number of aromatic hydroxyl groups is 1.